The monoisotopic (exact) mass is 346 g/mol. The van der Waals surface area contributed by atoms with E-state index in [4.69, 9.17) is 4.74 Å². The highest BCUT2D eigenvalue weighted by molar-refractivity contribution is 6.06. The third kappa shape index (κ3) is 3.67. The van der Waals surface area contributed by atoms with Crippen LogP contribution in [0.1, 0.15) is 42.6 Å². The molecule has 0 spiro atoms. The molecule has 2 aromatic rings. The van der Waals surface area contributed by atoms with Gasteiger partial charge in [0.25, 0.3) is 0 Å². The highest BCUT2D eigenvalue weighted by atomic mass is 16.5. The SMILES string of the molecule is CCOC(=O)C1=C(C)CC(c2ccccc2)=C1CC(=O)c1ccccc1. The zero-order valence-electron chi connectivity index (χ0n) is 15.1. The third-order valence-corrected chi connectivity index (χ3v) is 4.57. The Hall–Kier alpha value is -2.94. The minimum Gasteiger partial charge on any atom is -0.462 e. The van der Waals surface area contributed by atoms with Gasteiger partial charge in [-0.3, -0.25) is 4.79 Å². The van der Waals surface area contributed by atoms with Crippen LogP contribution in [-0.2, 0) is 9.53 Å². The topological polar surface area (TPSA) is 43.4 Å². The van der Waals surface area contributed by atoms with Gasteiger partial charge in [0.2, 0.25) is 0 Å². The number of hydrogen-bond acceptors (Lipinski definition) is 3. The highest BCUT2D eigenvalue weighted by Gasteiger charge is 2.30. The van der Waals surface area contributed by atoms with E-state index in [-0.39, 0.29) is 18.2 Å². The Kier molecular flexibility index (Phi) is 5.47. The van der Waals surface area contributed by atoms with Crippen LogP contribution in [0.3, 0.4) is 0 Å². The fourth-order valence-electron chi connectivity index (χ4n) is 3.37. The van der Waals surface area contributed by atoms with Gasteiger partial charge in [0.15, 0.2) is 5.78 Å². The predicted molar refractivity (Wildman–Crippen MR) is 103 cm³/mol. The van der Waals surface area contributed by atoms with E-state index in [1.165, 1.54) is 0 Å². The molecule has 0 unspecified atom stereocenters. The summed E-state index contributed by atoms with van der Waals surface area (Å²) in [6.07, 6.45) is 0.856. The van der Waals surface area contributed by atoms with Gasteiger partial charge in [0, 0.05) is 12.0 Å². The van der Waals surface area contributed by atoms with Crippen LogP contribution in [0, 0.1) is 0 Å². The molecule has 0 radical (unpaired) electrons. The summed E-state index contributed by atoms with van der Waals surface area (Å²) in [6, 6.07) is 19.1. The molecule has 0 amide bonds. The van der Waals surface area contributed by atoms with Gasteiger partial charge in [-0.15, -0.1) is 0 Å². The normalized spacial score (nSPS) is 13.9. The third-order valence-electron chi connectivity index (χ3n) is 4.57. The first-order chi connectivity index (χ1) is 12.6. The number of allylic oxidation sites excluding steroid dienone is 2. The van der Waals surface area contributed by atoms with Gasteiger partial charge in [0.05, 0.1) is 12.2 Å². The maximum atomic E-state index is 12.8. The van der Waals surface area contributed by atoms with Crippen molar-refractivity contribution in [1.29, 1.82) is 0 Å². The lowest BCUT2D eigenvalue weighted by Gasteiger charge is -2.12. The van der Waals surface area contributed by atoms with Crippen LogP contribution in [0.15, 0.2) is 77.4 Å². The minimum absolute atomic E-state index is 0.00512. The van der Waals surface area contributed by atoms with Crippen LogP contribution < -0.4 is 0 Å². The van der Waals surface area contributed by atoms with Gasteiger partial charge in [-0.2, -0.15) is 0 Å². The van der Waals surface area contributed by atoms with Crippen LogP contribution in [0.2, 0.25) is 0 Å². The molecule has 26 heavy (non-hydrogen) atoms. The van der Waals surface area contributed by atoms with Crippen molar-refractivity contribution < 1.29 is 14.3 Å². The minimum atomic E-state index is -0.341. The highest BCUT2D eigenvalue weighted by Crippen LogP contribution is 2.40. The molecule has 1 aliphatic carbocycles. The van der Waals surface area contributed by atoms with Crippen LogP contribution in [-0.4, -0.2) is 18.4 Å². The molecule has 0 aliphatic heterocycles. The fourth-order valence-corrected chi connectivity index (χ4v) is 3.37. The Labute approximate surface area is 154 Å². The first kappa shape index (κ1) is 17.9. The molecule has 132 valence electrons. The van der Waals surface area contributed by atoms with E-state index in [0.29, 0.717) is 24.2 Å². The standard InChI is InChI=1S/C23H22O3/c1-3-26-23(25)22-16(2)14-19(17-10-6-4-7-11-17)20(22)15-21(24)18-12-8-5-9-13-18/h4-13H,3,14-15H2,1-2H3. The summed E-state index contributed by atoms with van der Waals surface area (Å²) in [6.45, 7) is 4.05. The molecular formula is C23H22O3. The summed E-state index contributed by atoms with van der Waals surface area (Å²) in [4.78, 5) is 25.3. The van der Waals surface area contributed by atoms with Crippen LogP contribution in [0.25, 0.3) is 5.57 Å². The van der Waals surface area contributed by atoms with Gasteiger partial charge in [-0.1, -0.05) is 66.2 Å². The smallest absolute Gasteiger partial charge is 0.338 e. The lowest BCUT2D eigenvalue weighted by molar-refractivity contribution is -0.138. The lowest BCUT2D eigenvalue weighted by atomic mass is 9.93. The lowest BCUT2D eigenvalue weighted by Crippen LogP contribution is -2.12. The van der Waals surface area contributed by atoms with Gasteiger partial charge in [0.1, 0.15) is 0 Å². The molecule has 1 aliphatic rings. The van der Waals surface area contributed by atoms with Crippen molar-refractivity contribution >= 4 is 17.3 Å². The first-order valence-corrected chi connectivity index (χ1v) is 8.84. The molecule has 0 atom stereocenters. The van der Waals surface area contributed by atoms with Crippen LogP contribution in [0.4, 0.5) is 0 Å². The number of hydrogen-bond donors (Lipinski definition) is 0. The van der Waals surface area contributed by atoms with E-state index >= 15 is 0 Å². The zero-order chi connectivity index (χ0) is 18.5. The molecule has 0 bridgehead atoms. The number of esters is 1. The Morgan fingerprint density at radius 3 is 2.19 bits per heavy atom. The molecule has 0 saturated heterocycles. The molecule has 0 fully saturated rings. The van der Waals surface area contributed by atoms with Gasteiger partial charge < -0.3 is 4.74 Å². The Morgan fingerprint density at radius 2 is 1.58 bits per heavy atom. The number of benzene rings is 2. The largest absolute Gasteiger partial charge is 0.462 e. The molecule has 0 N–H and O–H groups in total. The number of rotatable bonds is 6. The maximum Gasteiger partial charge on any atom is 0.338 e. The van der Waals surface area contributed by atoms with Crippen molar-refractivity contribution in [3.63, 3.8) is 0 Å². The van der Waals surface area contributed by atoms with Crippen LogP contribution in [0.5, 0.6) is 0 Å². The van der Waals surface area contributed by atoms with Crippen molar-refractivity contribution in [2.75, 3.05) is 6.61 Å². The fraction of sp³-hybridized carbons (Fsp3) is 0.217. The van der Waals surface area contributed by atoms with Crippen molar-refractivity contribution in [3.8, 4) is 0 Å². The Bertz CT molecular complexity index is 874. The number of ether oxygens (including phenoxy) is 1. The predicted octanol–water partition coefficient (Wildman–Crippen LogP) is 5.00. The van der Waals surface area contributed by atoms with E-state index < -0.39 is 0 Å². The average molecular weight is 346 g/mol. The van der Waals surface area contributed by atoms with E-state index in [1.807, 2.05) is 55.5 Å². The van der Waals surface area contributed by atoms with E-state index in [0.717, 1.165) is 22.3 Å². The van der Waals surface area contributed by atoms with Crippen LogP contribution >= 0.6 is 0 Å². The number of carbonyl (C=O) groups is 2. The second-order valence-corrected chi connectivity index (χ2v) is 6.34. The molecule has 3 nitrogen and oxygen atoms in total. The van der Waals surface area contributed by atoms with Crippen molar-refractivity contribution in [2.24, 2.45) is 0 Å². The summed E-state index contributed by atoms with van der Waals surface area (Å²) >= 11 is 0. The first-order valence-electron chi connectivity index (χ1n) is 8.84. The summed E-state index contributed by atoms with van der Waals surface area (Å²) in [5.41, 5.74) is 5.05. The molecule has 0 heterocycles. The van der Waals surface area contributed by atoms with Gasteiger partial charge >= 0.3 is 5.97 Å². The summed E-state index contributed by atoms with van der Waals surface area (Å²) < 4.78 is 5.26. The quantitative estimate of drug-likeness (QED) is 0.546. The van der Waals surface area contributed by atoms with Crippen molar-refractivity contribution in [2.45, 2.75) is 26.7 Å². The summed E-state index contributed by atoms with van der Waals surface area (Å²) in [5, 5.41) is 0. The Balaban J connectivity index is 2.02. The van der Waals surface area contributed by atoms with E-state index in [2.05, 4.69) is 0 Å². The molecule has 3 heteroatoms. The van der Waals surface area contributed by atoms with E-state index in [9.17, 15) is 9.59 Å². The average Bonchev–Trinajstić information content (AvgIpc) is 2.99. The summed E-state index contributed by atoms with van der Waals surface area (Å²) in [5.74, 6) is -0.336. The summed E-state index contributed by atoms with van der Waals surface area (Å²) in [7, 11) is 0. The van der Waals surface area contributed by atoms with Crippen molar-refractivity contribution in [1.82, 2.24) is 0 Å². The number of carbonyl (C=O) groups excluding carboxylic acids is 2. The second kappa shape index (κ2) is 7.96. The molecule has 3 rings (SSSR count). The number of ketones is 1. The number of Topliss-reactive ketones (excluding diaryl/α,β-unsaturated/α-hetero) is 1. The molecule has 0 saturated carbocycles. The van der Waals surface area contributed by atoms with E-state index in [1.54, 1.807) is 19.1 Å². The second-order valence-electron chi connectivity index (χ2n) is 6.34. The maximum absolute atomic E-state index is 12.8. The molecule has 0 aromatic heterocycles. The van der Waals surface area contributed by atoms with Crippen molar-refractivity contribution in [3.05, 3.63) is 88.5 Å². The molecular weight excluding hydrogens is 324 g/mol. The Morgan fingerprint density at radius 1 is 0.962 bits per heavy atom. The van der Waals surface area contributed by atoms with Gasteiger partial charge in [-0.25, -0.2) is 4.79 Å². The zero-order valence-corrected chi connectivity index (χ0v) is 15.1. The molecule has 2 aromatic carbocycles. The van der Waals surface area contributed by atoms with Gasteiger partial charge in [-0.05, 0) is 37.0 Å².